The maximum Gasteiger partial charge on any atom is 0.106 e. The van der Waals surface area contributed by atoms with Crippen molar-refractivity contribution < 1.29 is 38.7 Å². The van der Waals surface area contributed by atoms with E-state index >= 15 is 0 Å². The molecule has 0 aromatic carbocycles. The molecule has 0 rings (SSSR count). The fourth-order valence-electron chi connectivity index (χ4n) is 1.48. The predicted octanol–water partition coefficient (Wildman–Crippen LogP) is 4.13. The Kier molecular flexibility index (Phi) is 101. The predicted molar refractivity (Wildman–Crippen MR) is 94.7 cm³/mol. The Labute approximate surface area is 151 Å². The van der Waals surface area contributed by atoms with E-state index in [9.17, 15) is 0 Å². The zero-order chi connectivity index (χ0) is 17.9. The van der Waals surface area contributed by atoms with Crippen molar-refractivity contribution >= 4 is 35.1 Å². The summed E-state index contributed by atoms with van der Waals surface area (Å²) in [6.45, 7) is 14.9. The van der Waals surface area contributed by atoms with Crippen LogP contribution in [0.15, 0.2) is 0 Å². The minimum Gasteiger partial charge on any atom is -0.307 e. The van der Waals surface area contributed by atoms with Crippen LogP contribution in [0.1, 0.15) is 59.3 Å². The van der Waals surface area contributed by atoms with E-state index in [0.29, 0.717) is 7.92 Å². The fourth-order valence-corrected chi connectivity index (χ4v) is 4.44. The molecule has 0 atom stereocenters. The number of rotatable bonds is 9. The van der Waals surface area contributed by atoms with Crippen molar-refractivity contribution in [2.45, 2.75) is 59.3 Å². The molecule has 0 amide bonds. The average Bonchev–Trinajstić information content (AvgIpc) is 2.61. The number of carbonyl (C=O) groups excluding carboxylic acids is 4. The Bertz CT molecular complexity index is 127. The molecule has 0 N–H and O–H groups in total. The zero-order valence-electron chi connectivity index (χ0n) is 14.6. The Balaban J connectivity index is -0.0000000613. The number of carbonyl (C=O) groups is 4. The molecule has 0 aliphatic heterocycles. The third-order valence-electron chi connectivity index (χ3n) is 2.48. The molecule has 0 spiro atoms. The zero-order valence-corrected chi connectivity index (χ0v) is 17.3. The second kappa shape index (κ2) is 58.6. The van der Waals surface area contributed by atoms with Crippen molar-refractivity contribution in [3.8, 4) is 0 Å². The molecule has 0 aromatic heterocycles. The van der Waals surface area contributed by atoms with Crippen molar-refractivity contribution in [3.63, 3.8) is 0 Å². The summed E-state index contributed by atoms with van der Waals surface area (Å²) in [5.41, 5.74) is 0. The van der Waals surface area contributed by atoms with Crippen molar-refractivity contribution in [2.75, 3.05) is 18.5 Å². The maximum atomic E-state index is 8.00. The Morgan fingerprint density at radius 1 is 0.545 bits per heavy atom. The van der Waals surface area contributed by atoms with Gasteiger partial charge in [0, 0.05) is 19.5 Å². The Morgan fingerprint density at radius 3 is 0.864 bits per heavy atom. The number of unbranched alkanes of at least 4 members (excludes halogenated alkanes) is 3. The van der Waals surface area contributed by atoms with Gasteiger partial charge in [0.15, 0.2) is 0 Å². The van der Waals surface area contributed by atoms with Crippen LogP contribution >= 0.6 is 7.92 Å². The molecule has 22 heavy (non-hydrogen) atoms. The van der Waals surface area contributed by atoms with Crippen LogP contribution in [-0.2, 0) is 38.7 Å². The van der Waals surface area contributed by atoms with Gasteiger partial charge < -0.3 is 19.2 Å². The second-order valence-electron chi connectivity index (χ2n) is 3.90. The summed E-state index contributed by atoms with van der Waals surface area (Å²) in [6, 6.07) is 0. The van der Waals surface area contributed by atoms with E-state index in [1.807, 2.05) is 27.2 Å². The van der Waals surface area contributed by atoms with Crippen LogP contribution in [0.25, 0.3) is 0 Å². The van der Waals surface area contributed by atoms with E-state index in [1.54, 1.807) is 18.5 Å². The average molecular weight is 423 g/mol. The molecule has 0 fully saturated rings. The normalized spacial score (nSPS) is 7.27. The molecule has 0 heterocycles. The van der Waals surface area contributed by atoms with E-state index in [-0.39, 0.29) is 19.5 Å². The first-order valence-electron chi connectivity index (χ1n) is 7.22. The van der Waals surface area contributed by atoms with Crippen LogP contribution in [0.2, 0.25) is 0 Å². The fraction of sp³-hybridized carbons (Fsp3) is 0.750. The van der Waals surface area contributed by atoms with Crippen LogP contribution in [0.3, 0.4) is 0 Å². The SMILES string of the molecule is C=O.C=O.C=O.C=O.CCCCP(CCCC)CCCC.[Ru]. The van der Waals surface area contributed by atoms with Gasteiger partial charge in [0.25, 0.3) is 0 Å². The largest absolute Gasteiger partial charge is 0.307 e. The Hall–Kier alpha value is -0.267. The molecule has 0 bridgehead atoms. The summed E-state index contributed by atoms with van der Waals surface area (Å²) in [4.78, 5) is 32.0. The molecule has 4 nitrogen and oxygen atoms in total. The monoisotopic (exact) mass is 424 g/mol. The summed E-state index contributed by atoms with van der Waals surface area (Å²) in [5, 5.41) is 0. The maximum absolute atomic E-state index is 8.00. The first-order valence-corrected chi connectivity index (χ1v) is 9.12. The third kappa shape index (κ3) is 50.3. The summed E-state index contributed by atoms with van der Waals surface area (Å²) in [5.74, 6) is 0. The van der Waals surface area contributed by atoms with E-state index in [0.717, 1.165) is 0 Å². The van der Waals surface area contributed by atoms with Gasteiger partial charge in [-0.3, -0.25) is 0 Å². The standard InChI is InChI=1S/C12H27P.4CH2O.Ru/c1-4-7-10-13(11-8-5-2)12-9-6-3;4*1-2;/h4-12H2,1-3H3;4*1H2;. The smallest absolute Gasteiger partial charge is 0.106 e. The van der Waals surface area contributed by atoms with E-state index < -0.39 is 0 Å². The third-order valence-corrected chi connectivity index (χ3v) is 5.33. The van der Waals surface area contributed by atoms with Gasteiger partial charge in [0.2, 0.25) is 0 Å². The summed E-state index contributed by atoms with van der Waals surface area (Å²) in [7, 11) is 0.422. The summed E-state index contributed by atoms with van der Waals surface area (Å²) in [6.07, 6.45) is 13.2. The van der Waals surface area contributed by atoms with Crippen LogP contribution in [0, 0.1) is 0 Å². The van der Waals surface area contributed by atoms with Gasteiger partial charge in [-0.1, -0.05) is 40.0 Å². The molecule has 6 heteroatoms. The molecule has 136 valence electrons. The van der Waals surface area contributed by atoms with Crippen LogP contribution in [-0.4, -0.2) is 45.6 Å². The number of hydrogen-bond acceptors (Lipinski definition) is 4. The van der Waals surface area contributed by atoms with E-state index in [2.05, 4.69) is 20.8 Å². The van der Waals surface area contributed by atoms with E-state index in [4.69, 9.17) is 19.2 Å². The van der Waals surface area contributed by atoms with Crippen molar-refractivity contribution in [1.29, 1.82) is 0 Å². The van der Waals surface area contributed by atoms with Crippen LogP contribution in [0.4, 0.5) is 0 Å². The minimum atomic E-state index is 0. The van der Waals surface area contributed by atoms with Crippen molar-refractivity contribution in [3.05, 3.63) is 0 Å². The second-order valence-corrected chi connectivity index (χ2v) is 6.59. The van der Waals surface area contributed by atoms with Gasteiger partial charge in [-0.15, -0.1) is 7.92 Å². The van der Waals surface area contributed by atoms with Crippen LogP contribution < -0.4 is 0 Å². The van der Waals surface area contributed by atoms with Gasteiger partial charge in [-0.25, -0.2) is 0 Å². The van der Waals surface area contributed by atoms with Crippen molar-refractivity contribution in [1.82, 2.24) is 0 Å². The van der Waals surface area contributed by atoms with Crippen molar-refractivity contribution in [2.24, 2.45) is 0 Å². The molecule has 0 saturated heterocycles. The molecule has 0 radical (unpaired) electrons. The molecule has 0 saturated carbocycles. The van der Waals surface area contributed by atoms with Gasteiger partial charge in [0.05, 0.1) is 0 Å². The topological polar surface area (TPSA) is 68.3 Å². The number of hydrogen-bond donors (Lipinski definition) is 0. The molecule has 0 aliphatic rings. The molecule has 0 aromatic rings. The minimum absolute atomic E-state index is 0. The summed E-state index contributed by atoms with van der Waals surface area (Å²) >= 11 is 0. The summed E-state index contributed by atoms with van der Waals surface area (Å²) < 4.78 is 0. The quantitative estimate of drug-likeness (QED) is 0.413. The molecule has 0 unspecified atom stereocenters. The molecule has 0 aliphatic carbocycles. The first-order chi connectivity index (χ1) is 10.3. The van der Waals surface area contributed by atoms with E-state index in [1.165, 1.54) is 38.5 Å². The van der Waals surface area contributed by atoms with Gasteiger partial charge in [-0.2, -0.15) is 0 Å². The Morgan fingerprint density at radius 2 is 0.727 bits per heavy atom. The molecular formula is C16H35O4PRu. The van der Waals surface area contributed by atoms with Gasteiger partial charge >= 0.3 is 0 Å². The van der Waals surface area contributed by atoms with Crippen LogP contribution in [0.5, 0.6) is 0 Å². The molecular weight excluding hydrogens is 388 g/mol. The first kappa shape index (κ1) is 37.7. The van der Waals surface area contributed by atoms with Gasteiger partial charge in [0.1, 0.15) is 27.2 Å². The van der Waals surface area contributed by atoms with Gasteiger partial charge in [-0.05, 0) is 37.7 Å².